The number of nitrogens with zero attached hydrogens (tertiary/aromatic N) is 6. The lowest BCUT2D eigenvalue weighted by atomic mass is 10.0. The van der Waals surface area contributed by atoms with Gasteiger partial charge in [-0.3, -0.25) is 0 Å². The van der Waals surface area contributed by atoms with Gasteiger partial charge < -0.3 is 0 Å². The van der Waals surface area contributed by atoms with Crippen molar-refractivity contribution in [3.8, 4) is 34.5 Å². The molecule has 7 rings (SSSR count). The molecule has 6 heteroatoms. The highest BCUT2D eigenvalue weighted by molar-refractivity contribution is 6.21. The van der Waals surface area contributed by atoms with E-state index in [1.807, 2.05) is 91.1 Å². The van der Waals surface area contributed by atoms with Crippen LogP contribution in [-0.4, -0.2) is 0 Å². The smallest absolute Gasteiger partial charge is 0.206 e. The van der Waals surface area contributed by atoms with E-state index >= 15 is 0 Å². The van der Waals surface area contributed by atoms with Gasteiger partial charge in [-0.1, -0.05) is 54.6 Å². The average Bonchev–Trinajstić information content (AvgIpc) is 3.51. The van der Waals surface area contributed by atoms with Crippen LogP contribution >= 0.6 is 0 Å². The van der Waals surface area contributed by atoms with Crippen molar-refractivity contribution in [2.24, 2.45) is 10.1 Å². The molecule has 0 aliphatic heterocycles. The minimum Gasteiger partial charge on any atom is -0.238 e. The zero-order chi connectivity index (χ0) is 28.8. The number of rotatable bonds is 2. The van der Waals surface area contributed by atoms with Crippen molar-refractivity contribution in [1.82, 2.24) is 0 Å². The van der Waals surface area contributed by atoms with Gasteiger partial charge in [0.1, 0.15) is 0 Å². The molecule has 0 fully saturated rings. The molecule has 0 atom stereocenters. The fraction of sp³-hybridized carbons (Fsp3) is 0. The average molecular weight is 533 g/mol. The molecule has 0 spiro atoms. The molecule has 0 radical (unpaired) electrons. The Labute approximate surface area is 239 Å². The fourth-order valence-corrected chi connectivity index (χ4v) is 5.89. The maximum atomic E-state index is 9.63. The Balaban J connectivity index is 1.53. The van der Waals surface area contributed by atoms with Crippen molar-refractivity contribution in [3.05, 3.63) is 136 Å². The molecule has 0 saturated heterocycles. The third kappa shape index (κ3) is 3.70. The van der Waals surface area contributed by atoms with Gasteiger partial charge in [-0.15, -0.1) is 4.95 Å². The number of benzene rings is 5. The van der Waals surface area contributed by atoms with Gasteiger partial charge >= 0.3 is 0 Å². The van der Waals surface area contributed by atoms with Crippen molar-refractivity contribution in [2.45, 2.75) is 0 Å². The summed E-state index contributed by atoms with van der Waals surface area (Å²) in [6.45, 7) is 14.9. The monoisotopic (exact) mass is 532 g/mol. The quantitative estimate of drug-likeness (QED) is 0.128. The molecule has 0 heterocycles. The standard InChI is InChI=1S/C36H16N6/c1-39-26-8-4-7-23(14-26)25-10-12-28-30-17-33-29(18-34(30)36(42-40-2)32(28)16-25)27-11-9-24(15-31(27)35(33)41-20-38)22-6-3-5-21(13-22)19-37/h3-18H. The first-order chi connectivity index (χ1) is 20.6. The predicted octanol–water partition coefficient (Wildman–Crippen LogP) is 8.05. The lowest BCUT2D eigenvalue weighted by molar-refractivity contribution is 1.37. The molecule has 0 unspecified atom stereocenters. The van der Waals surface area contributed by atoms with Crippen molar-refractivity contribution in [2.75, 3.05) is 0 Å². The van der Waals surface area contributed by atoms with Crippen LogP contribution in [-0.2, 0) is 0 Å². The first-order valence-electron chi connectivity index (χ1n) is 13.0. The summed E-state index contributed by atoms with van der Waals surface area (Å²) in [6, 6.07) is 33.2. The highest BCUT2D eigenvalue weighted by Crippen LogP contribution is 2.35. The summed E-state index contributed by atoms with van der Waals surface area (Å²) >= 11 is 0. The maximum Gasteiger partial charge on any atom is 0.206 e. The summed E-state index contributed by atoms with van der Waals surface area (Å²) < 4.78 is 0. The largest absolute Gasteiger partial charge is 0.238 e. The molecule has 7 aromatic carbocycles. The van der Waals surface area contributed by atoms with E-state index in [2.05, 4.69) is 26.0 Å². The predicted molar refractivity (Wildman–Crippen MR) is 164 cm³/mol. The van der Waals surface area contributed by atoms with Crippen LogP contribution in [0.3, 0.4) is 0 Å². The lowest BCUT2D eigenvalue weighted by Crippen LogP contribution is -1.99. The fourth-order valence-electron chi connectivity index (χ4n) is 5.89. The summed E-state index contributed by atoms with van der Waals surface area (Å²) in [5.74, 6) is 0. The highest BCUT2D eigenvalue weighted by atomic mass is 15.2. The number of hydrogen-bond acceptors (Lipinski definition) is 4. The van der Waals surface area contributed by atoms with Gasteiger partial charge in [0.05, 0.1) is 28.7 Å². The molecule has 0 amide bonds. The zero-order valence-corrected chi connectivity index (χ0v) is 21.9. The van der Waals surface area contributed by atoms with Crippen molar-refractivity contribution in [1.29, 1.82) is 10.5 Å². The number of fused-ring (bicyclic) bond motifs is 6. The molecule has 42 heavy (non-hydrogen) atoms. The van der Waals surface area contributed by atoms with Crippen molar-refractivity contribution >= 4 is 48.8 Å². The van der Waals surface area contributed by atoms with E-state index in [-0.39, 0.29) is 0 Å². The Morgan fingerprint density at radius 3 is 1.74 bits per heavy atom. The second-order valence-corrected chi connectivity index (χ2v) is 9.93. The summed E-state index contributed by atoms with van der Waals surface area (Å²) in [7, 11) is 0. The minimum atomic E-state index is 0.562. The van der Waals surface area contributed by atoms with Gasteiger partial charge in [0.2, 0.25) is 6.19 Å². The van der Waals surface area contributed by atoms with E-state index in [1.54, 1.807) is 12.1 Å². The topological polar surface area (TPSA) is 81.0 Å². The van der Waals surface area contributed by atoms with E-state index in [0.29, 0.717) is 22.0 Å². The molecule has 0 aliphatic carbocycles. The number of hydrogen-bond donors (Lipinski definition) is 0. The Bertz CT molecular complexity index is 2390. The molecular formula is C36H16N6. The SMILES string of the molecule is [C-]#[N+]N=c1c2cc(-c3cccc([N+]#[C-])c3)ccc2c2cc3c(=NC#N)c4cc(-c5cccc(C#N)c5)ccc4c3cc12. The first kappa shape index (κ1) is 24.4. The normalized spacial score (nSPS) is 12.0. The molecule has 0 bridgehead atoms. The second kappa shape index (κ2) is 9.55. The molecule has 190 valence electrons. The third-order valence-corrected chi connectivity index (χ3v) is 7.74. The van der Waals surface area contributed by atoms with Gasteiger partial charge in [0.25, 0.3) is 0 Å². The van der Waals surface area contributed by atoms with Crippen molar-refractivity contribution < 1.29 is 0 Å². The van der Waals surface area contributed by atoms with Crippen LogP contribution in [0.4, 0.5) is 5.69 Å². The molecule has 0 N–H and O–H groups in total. The minimum absolute atomic E-state index is 0.562. The Morgan fingerprint density at radius 1 is 0.548 bits per heavy atom. The second-order valence-electron chi connectivity index (χ2n) is 9.93. The first-order valence-corrected chi connectivity index (χ1v) is 13.0. The van der Waals surface area contributed by atoms with Crippen LogP contribution in [0.1, 0.15) is 5.56 Å². The van der Waals surface area contributed by atoms with Gasteiger partial charge in [-0.2, -0.15) is 22.1 Å². The van der Waals surface area contributed by atoms with E-state index < -0.39 is 0 Å². The van der Waals surface area contributed by atoms with E-state index in [9.17, 15) is 10.5 Å². The van der Waals surface area contributed by atoms with Gasteiger partial charge in [0, 0.05) is 21.5 Å². The van der Waals surface area contributed by atoms with Gasteiger partial charge in [-0.25, -0.2) is 4.85 Å². The summed E-state index contributed by atoms with van der Waals surface area (Å²) in [5.41, 5.74) is 4.82. The van der Waals surface area contributed by atoms with E-state index in [1.165, 1.54) is 0 Å². The van der Waals surface area contributed by atoms with Crippen LogP contribution < -0.4 is 10.7 Å². The van der Waals surface area contributed by atoms with Crippen LogP contribution in [0.2, 0.25) is 0 Å². The lowest BCUT2D eigenvalue weighted by Gasteiger charge is -2.03. The molecule has 0 aromatic heterocycles. The Morgan fingerprint density at radius 2 is 1.12 bits per heavy atom. The van der Waals surface area contributed by atoms with Gasteiger partial charge in [-0.05, 0) is 86.3 Å². The van der Waals surface area contributed by atoms with Gasteiger partial charge in [0.15, 0.2) is 11.0 Å². The maximum absolute atomic E-state index is 9.63. The van der Waals surface area contributed by atoms with Crippen LogP contribution in [0, 0.1) is 35.9 Å². The van der Waals surface area contributed by atoms with E-state index in [4.69, 9.17) is 13.1 Å². The summed E-state index contributed by atoms with van der Waals surface area (Å²) in [6.07, 6.45) is 1.98. The van der Waals surface area contributed by atoms with Crippen molar-refractivity contribution in [3.63, 3.8) is 0 Å². The number of nitriles is 2. The summed E-state index contributed by atoms with van der Waals surface area (Å²) in [5, 5.41) is 31.5. The Hall–Kier alpha value is -6.60. The van der Waals surface area contributed by atoms with Crippen LogP contribution in [0.5, 0.6) is 0 Å². The Kier molecular flexibility index (Phi) is 5.56. The zero-order valence-electron chi connectivity index (χ0n) is 21.9. The molecule has 0 aliphatic rings. The summed E-state index contributed by atoms with van der Waals surface area (Å²) in [4.78, 5) is 11.2. The molecule has 6 nitrogen and oxygen atoms in total. The van der Waals surface area contributed by atoms with Crippen LogP contribution in [0.15, 0.2) is 107 Å². The molecule has 7 aromatic rings. The third-order valence-electron chi connectivity index (χ3n) is 7.74. The van der Waals surface area contributed by atoms with Crippen LogP contribution in [0.25, 0.3) is 75.1 Å². The highest BCUT2D eigenvalue weighted by Gasteiger charge is 2.17. The van der Waals surface area contributed by atoms with E-state index in [0.717, 1.165) is 65.3 Å². The molecule has 0 saturated carbocycles. The molecular weight excluding hydrogens is 516 g/mol.